The molecule has 0 saturated heterocycles. The lowest BCUT2D eigenvalue weighted by atomic mass is 9.68. The van der Waals surface area contributed by atoms with Crippen LogP contribution in [0.3, 0.4) is 0 Å². The molecular weight excluding hydrogens is 367 g/mol. The summed E-state index contributed by atoms with van der Waals surface area (Å²) in [6.07, 6.45) is 18.1. The van der Waals surface area contributed by atoms with Gasteiger partial charge in [0.15, 0.2) is 0 Å². The van der Waals surface area contributed by atoms with Crippen LogP contribution in [0.1, 0.15) is 114 Å². The second kappa shape index (κ2) is 11.0. The SMILES string of the molecule is CCCCCC1CCC(C2CCC(c3ccc(CCC)c(Cl)c3F)CC2)CC1. The summed E-state index contributed by atoms with van der Waals surface area (Å²) in [6.45, 7) is 4.41. The van der Waals surface area contributed by atoms with Crippen LogP contribution in [0, 0.1) is 23.6 Å². The van der Waals surface area contributed by atoms with Crippen molar-refractivity contribution in [3.63, 3.8) is 0 Å². The minimum absolute atomic E-state index is 0.136. The van der Waals surface area contributed by atoms with Crippen molar-refractivity contribution in [2.45, 2.75) is 110 Å². The molecule has 0 radical (unpaired) electrons. The first-order valence-corrected chi connectivity index (χ1v) is 12.5. The molecule has 0 heterocycles. The number of halogens is 2. The van der Waals surface area contributed by atoms with Crippen molar-refractivity contribution < 1.29 is 4.39 Å². The van der Waals surface area contributed by atoms with Gasteiger partial charge in [0.2, 0.25) is 0 Å². The Balaban J connectivity index is 1.48. The first kappa shape index (κ1) is 22.1. The number of benzene rings is 1. The van der Waals surface area contributed by atoms with Crippen LogP contribution < -0.4 is 0 Å². The summed E-state index contributed by atoms with van der Waals surface area (Å²) in [5, 5.41) is 0.378. The van der Waals surface area contributed by atoms with E-state index in [1.165, 1.54) is 64.2 Å². The maximum Gasteiger partial charge on any atom is 0.145 e. The topological polar surface area (TPSA) is 0 Å². The van der Waals surface area contributed by atoms with Crippen molar-refractivity contribution in [2.24, 2.45) is 17.8 Å². The highest BCUT2D eigenvalue weighted by Crippen LogP contribution is 2.45. The van der Waals surface area contributed by atoms with E-state index < -0.39 is 0 Å². The molecule has 2 aliphatic carbocycles. The Labute approximate surface area is 177 Å². The lowest BCUT2D eigenvalue weighted by Crippen LogP contribution is -2.25. The Kier molecular flexibility index (Phi) is 8.70. The molecule has 0 N–H and O–H groups in total. The van der Waals surface area contributed by atoms with Crippen molar-refractivity contribution in [1.29, 1.82) is 0 Å². The second-order valence-corrected chi connectivity index (χ2v) is 9.96. The van der Waals surface area contributed by atoms with Gasteiger partial charge < -0.3 is 0 Å². The number of rotatable bonds is 8. The van der Waals surface area contributed by atoms with Gasteiger partial charge in [-0.2, -0.15) is 0 Å². The zero-order chi connectivity index (χ0) is 19.9. The number of aryl methyl sites for hydroxylation is 1. The molecule has 1 aromatic rings. The fraction of sp³-hybridized carbons (Fsp3) is 0.769. The average Bonchev–Trinajstić information content (AvgIpc) is 2.73. The third-order valence-corrected chi connectivity index (χ3v) is 8.11. The predicted molar refractivity (Wildman–Crippen MR) is 120 cm³/mol. The Bertz CT molecular complexity index is 595. The summed E-state index contributed by atoms with van der Waals surface area (Å²) < 4.78 is 14.9. The maximum atomic E-state index is 14.9. The van der Waals surface area contributed by atoms with E-state index in [4.69, 9.17) is 11.6 Å². The van der Waals surface area contributed by atoms with Gasteiger partial charge in [-0.25, -0.2) is 4.39 Å². The van der Waals surface area contributed by atoms with Gasteiger partial charge in [0.25, 0.3) is 0 Å². The Morgan fingerprint density at radius 3 is 2.11 bits per heavy atom. The van der Waals surface area contributed by atoms with Crippen molar-refractivity contribution in [1.82, 2.24) is 0 Å². The molecule has 0 aromatic heterocycles. The van der Waals surface area contributed by atoms with Crippen molar-refractivity contribution >= 4 is 11.6 Å². The summed E-state index contributed by atoms with van der Waals surface area (Å²) in [4.78, 5) is 0. The largest absolute Gasteiger partial charge is 0.205 e. The van der Waals surface area contributed by atoms with Crippen molar-refractivity contribution in [3.05, 3.63) is 34.1 Å². The molecule has 1 aromatic carbocycles. The van der Waals surface area contributed by atoms with Crippen molar-refractivity contribution in [2.75, 3.05) is 0 Å². The quantitative estimate of drug-likeness (QED) is 0.377. The van der Waals surface area contributed by atoms with Gasteiger partial charge in [-0.3, -0.25) is 0 Å². The van der Waals surface area contributed by atoms with Crippen LogP contribution in [0.2, 0.25) is 5.02 Å². The highest BCUT2D eigenvalue weighted by Gasteiger charge is 2.32. The maximum absolute atomic E-state index is 14.9. The van der Waals surface area contributed by atoms with E-state index in [1.807, 2.05) is 6.07 Å². The van der Waals surface area contributed by atoms with Crippen LogP contribution in [-0.4, -0.2) is 0 Å². The standard InChI is InChI=1S/C26H40ClF/c1-3-5-6-8-19-9-11-20(12-10-19)21-13-15-22(16-14-21)24-18-17-23(7-4-2)25(27)26(24)28/h17-22H,3-16H2,1-2H3. The molecule has 0 aliphatic heterocycles. The third-order valence-electron chi connectivity index (χ3n) is 7.70. The van der Waals surface area contributed by atoms with E-state index in [-0.39, 0.29) is 5.82 Å². The van der Waals surface area contributed by atoms with Crippen molar-refractivity contribution in [3.8, 4) is 0 Å². The fourth-order valence-electron chi connectivity index (χ4n) is 5.92. The molecule has 158 valence electrons. The van der Waals surface area contributed by atoms with Crippen LogP contribution >= 0.6 is 11.6 Å². The number of unbranched alkanes of at least 4 members (excludes halogenated alkanes) is 2. The van der Waals surface area contributed by atoms with Crippen LogP contribution in [0.4, 0.5) is 4.39 Å². The van der Waals surface area contributed by atoms with Gasteiger partial charge in [-0.15, -0.1) is 0 Å². The molecule has 3 rings (SSSR count). The molecule has 2 heteroatoms. The predicted octanol–water partition coefficient (Wildman–Crippen LogP) is 9.09. The van der Waals surface area contributed by atoms with Crippen LogP contribution in [-0.2, 0) is 6.42 Å². The molecule has 28 heavy (non-hydrogen) atoms. The lowest BCUT2D eigenvalue weighted by Gasteiger charge is -2.38. The summed E-state index contributed by atoms with van der Waals surface area (Å²) >= 11 is 6.33. The Morgan fingerprint density at radius 1 is 0.857 bits per heavy atom. The lowest BCUT2D eigenvalue weighted by molar-refractivity contribution is 0.155. The average molecular weight is 407 g/mol. The number of hydrogen-bond donors (Lipinski definition) is 0. The zero-order valence-corrected chi connectivity index (χ0v) is 18.9. The van der Waals surface area contributed by atoms with E-state index in [9.17, 15) is 4.39 Å². The van der Waals surface area contributed by atoms with E-state index in [2.05, 4.69) is 19.9 Å². The summed E-state index contributed by atoms with van der Waals surface area (Å²) in [5.74, 6) is 3.05. The van der Waals surface area contributed by atoms with Gasteiger partial charge in [0.05, 0.1) is 5.02 Å². The molecule has 0 bridgehead atoms. The Morgan fingerprint density at radius 2 is 1.50 bits per heavy atom. The molecule has 0 amide bonds. The van der Waals surface area contributed by atoms with E-state index >= 15 is 0 Å². The van der Waals surface area contributed by atoms with Crippen LogP contribution in [0.25, 0.3) is 0 Å². The summed E-state index contributed by atoms with van der Waals surface area (Å²) in [6, 6.07) is 4.09. The third kappa shape index (κ3) is 5.53. The van der Waals surface area contributed by atoms with E-state index in [1.54, 1.807) is 0 Å². The monoisotopic (exact) mass is 406 g/mol. The molecule has 0 spiro atoms. The van der Waals surface area contributed by atoms with Crippen LogP contribution in [0.15, 0.2) is 12.1 Å². The fourth-order valence-corrected chi connectivity index (χ4v) is 6.18. The first-order chi connectivity index (χ1) is 13.6. The van der Waals surface area contributed by atoms with E-state index in [0.717, 1.165) is 54.6 Å². The summed E-state index contributed by atoms with van der Waals surface area (Å²) in [7, 11) is 0. The molecule has 0 nitrogen and oxygen atoms in total. The zero-order valence-electron chi connectivity index (χ0n) is 18.1. The molecule has 2 aliphatic rings. The van der Waals surface area contributed by atoms with Gasteiger partial charge in [-0.05, 0) is 79.7 Å². The van der Waals surface area contributed by atoms with Gasteiger partial charge in [0, 0.05) is 0 Å². The minimum Gasteiger partial charge on any atom is -0.205 e. The second-order valence-electron chi connectivity index (χ2n) is 9.58. The normalized spacial score (nSPS) is 28.4. The van der Waals surface area contributed by atoms with Gasteiger partial charge in [0.1, 0.15) is 5.82 Å². The van der Waals surface area contributed by atoms with E-state index in [0.29, 0.717) is 10.9 Å². The molecule has 2 saturated carbocycles. The van der Waals surface area contributed by atoms with Gasteiger partial charge >= 0.3 is 0 Å². The molecule has 0 unspecified atom stereocenters. The molecule has 2 fully saturated rings. The minimum atomic E-state index is -0.136. The Hall–Kier alpha value is -0.560. The highest BCUT2D eigenvalue weighted by molar-refractivity contribution is 6.31. The van der Waals surface area contributed by atoms with Crippen LogP contribution in [0.5, 0.6) is 0 Å². The van der Waals surface area contributed by atoms with Gasteiger partial charge in [-0.1, -0.05) is 82.5 Å². The molecular formula is C26H40ClF. The summed E-state index contributed by atoms with van der Waals surface area (Å²) in [5.41, 5.74) is 1.85. The number of hydrogen-bond acceptors (Lipinski definition) is 0. The molecule has 0 atom stereocenters. The highest BCUT2D eigenvalue weighted by atomic mass is 35.5. The smallest absolute Gasteiger partial charge is 0.145 e. The first-order valence-electron chi connectivity index (χ1n) is 12.1.